The van der Waals surface area contributed by atoms with Crippen LogP contribution in [0.15, 0.2) is 6.20 Å². The third-order valence-electron chi connectivity index (χ3n) is 3.60. The molecular formula is C13H20N6O. The minimum absolute atomic E-state index is 0.579. The third kappa shape index (κ3) is 2.40. The lowest BCUT2D eigenvalue weighted by molar-refractivity contribution is 0.0448. The SMILES string of the molecule is CCNc1nc(N2CCCC(C)(O)C2)c2cn[nH]c2n1. The van der Waals surface area contributed by atoms with Gasteiger partial charge in [-0.25, -0.2) is 0 Å². The molecule has 3 heterocycles. The summed E-state index contributed by atoms with van der Waals surface area (Å²) in [6.45, 7) is 6.11. The molecule has 3 rings (SSSR count). The van der Waals surface area contributed by atoms with E-state index in [2.05, 4.69) is 30.4 Å². The van der Waals surface area contributed by atoms with E-state index in [-0.39, 0.29) is 0 Å². The topological polar surface area (TPSA) is 90.0 Å². The molecule has 7 nitrogen and oxygen atoms in total. The van der Waals surface area contributed by atoms with Gasteiger partial charge in [-0.3, -0.25) is 5.10 Å². The number of piperidine rings is 1. The second kappa shape index (κ2) is 4.90. The average Bonchev–Trinajstić information content (AvgIpc) is 2.85. The highest BCUT2D eigenvalue weighted by Gasteiger charge is 2.30. The van der Waals surface area contributed by atoms with Crippen LogP contribution in [0.1, 0.15) is 26.7 Å². The minimum Gasteiger partial charge on any atom is -0.388 e. The third-order valence-corrected chi connectivity index (χ3v) is 3.60. The Morgan fingerprint density at radius 3 is 3.10 bits per heavy atom. The number of nitrogens with one attached hydrogen (secondary N) is 2. The maximum atomic E-state index is 10.3. The Hall–Kier alpha value is -1.89. The van der Waals surface area contributed by atoms with Gasteiger partial charge in [-0.15, -0.1) is 0 Å². The summed E-state index contributed by atoms with van der Waals surface area (Å²) in [5, 5.41) is 21.2. The number of rotatable bonds is 3. The first-order valence-corrected chi connectivity index (χ1v) is 7.01. The van der Waals surface area contributed by atoms with Crippen LogP contribution in [0.2, 0.25) is 0 Å². The van der Waals surface area contributed by atoms with Gasteiger partial charge < -0.3 is 15.3 Å². The van der Waals surface area contributed by atoms with Crippen LogP contribution >= 0.6 is 0 Å². The number of β-amino-alcohol motifs (C(OH)–C–C–N with tert-alkyl or cyclic N) is 1. The zero-order chi connectivity index (χ0) is 14.2. The molecule has 1 aliphatic heterocycles. The van der Waals surface area contributed by atoms with Crippen LogP contribution in [-0.4, -0.2) is 50.5 Å². The van der Waals surface area contributed by atoms with Crippen molar-refractivity contribution in [3.63, 3.8) is 0 Å². The lowest BCUT2D eigenvalue weighted by Gasteiger charge is -2.37. The Morgan fingerprint density at radius 2 is 2.35 bits per heavy atom. The van der Waals surface area contributed by atoms with Gasteiger partial charge >= 0.3 is 0 Å². The van der Waals surface area contributed by atoms with Crippen molar-refractivity contribution in [1.29, 1.82) is 0 Å². The zero-order valence-corrected chi connectivity index (χ0v) is 11.8. The summed E-state index contributed by atoms with van der Waals surface area (Å²) in [7, 11) is 0. The van der Waals surface area contributed by atoms with Crippen LogP contribution in [0.4, 0.5) is 11.8 Å². The lowest BCUT2D eigenvalue weighted by Crippen LogP contribution is -2.46. The van der Waals surface area contributed by atoms with Crippen LogP contribution in [0.3, 0.4) is 0 Å². The smallest absolute Gasteiger partial charge is 0.226 e. The minimum atomic E-state index is -0.669. The van der Waals surface area contributed by atoms with E-state index in [4.69, 9.17) is 0 Å². The van der Waals surface area contributed by atoms with Crippen LogP contribution in [0.5, 0.6) is 0 Å². The molecule has 0 radical (unpaired) electrons. The van der Waals surface area contributed by atoms with Crippen LogP contribution in [0.25, 0.3) is 11.0 Å². The van der Waals surface area contributed by atoms with E-state index in [0.717, 1.165) is 42.8 Å². The first-order valence-electron chi connectivity index (χ1n) is 7.01. The fourth-order valence-electron chi connectivity index (χ4n) is 2.70. The molecule has 0 aliphatic carbocycles. The Labute approximate surface area is 117 Å². The van der Waals surface area contributed by atoms with Crippen molar-refractivity contribution >= 4 is 22.8 Å². The first-order chi connectivity index (χ1) is 9.59. The van der Waals surface area contributed by atoms with E-state index in [1.54, 1.807) is 6.20 Å². The van der Waals surface area contributed by atoms with Crippen LogP contribution in [0, 0.1) is 0 Å². The summed E-state index contributed by atoms with van der Waals surface area (Å²) < 4.78 is 0. The van der Waals surface area contributed by atoms with E-state index in [1.807, 2.05) is 13.8 Å². The fourth-order valence-corrected chi connectivity index (χ4v) is 2.70. The van der Waals surface area contributed by atoms with E-state index >= 15 is 0 Å². The Morgan fingerprint density at radius 1 is 1.50 bits per heavy atom. The van der Waals surface area contributed by atoms with Crippen molar-refractivity contribution in [1.82, 2.24) is 20.2 Å². The van der Waals surface area contributed by atoms with Gasteiger partial charge in [0.05, 0.1) is 17.2 Å². The van der Waals surface area contributed by atoms with Crippen LogP contribution in [-0.2, 0) is 0 Å². The lowest BCUT2D eigenvalue weighted by atomic mass is 9.95. The van der Waals surface area contributed by atoms with Gasteiger partial charge in [0.2, 0.25) is 5.95 Å². The summed E-state index contributed by atoms with van der Waals surface area (Å²) in [4.78, 5) is 11.1. The van der Waals surface area contributed by atoms with E-state index < -0.39 is 5.60 Å². The number of hydrogen-bond acceptors (Lipinski definition) is 6. The summed E-state index contributed by atoms with van der Waals surface area (Å²) in [5.41, 5.74) is 0.0496. The number of H-pyrrole nitrogens is 1. The van der Waals surface area contributed by atoms with E-state index in [0.29, 0.717) is 12.5 Å². The summed E-state index contributed by atoms with van der Waals surface area (Å²) >= 11 is 0. The maximum absolute atomic E-state index is 10.3. The van der Waals surface area contributed by atoms with Crippen LogP contribution < -0.4 is 10.2 Å². The fraction of sp³-hybridized carbons (Fsp3) is 0.615. The molecule has 0 aromatic carbocycles. The second-order valence-electron chi connectivity index (χ2n) is 5.56. The van der Waals surface area contributed by atoms with Gasteiger partial charge in [-0.2, -0.15) is 15.1 Å². The Balaban J connectivity index is 2.02. The van der Waals surface area contributed by atoms with Gasteiger partial charge in [0, 0.05) is 19.6 Å². The van der Waals surface area contributed by atoms with Crippen molar-refractivity contribution < 1.29 is 5.11 Å². The number of fused-ring (bicyclic) bond motifs is 1. The zero-order valence-electron chi connectivity index (χ0n) is 11.8. The van der Waals surface area contributed by atoms with Crippen molar-refractivity contribution in [2.24, 2.45) is 0 Å². The average molecular weight is 276 g/mol. The quantitative estimate of drug-likeness (QED) is 0.779. The standard InChI is InChI=1S/C13H20N6O/c1-3-14-12-16-10-9(7-15-18-10)11(17-12)19-6-4-5-13(2,20)8-19/h7,20H,3-6,8H2,1-2H3,(H2,14,15,16,17,18). The molecular weight excluding hydrogens is 256 g/mol. The first kappa shape index (κ1) is 13.1. The molecule has 1 unspecified atom stereocenters. The molecule has 0 amide bonds. The largest absolute Gasteiger partial charge is 0.388 e. The highest BCUT2D eigenvalue weighted by molar-refractivity contribution is 5.87. The van der Waals surface area contributed by atoms with Gasteiger partial charge in [-0.1, -0.05) is 0 Å². The molecule has 2 aromatic rings. The number of nitrogens with zero attached hydrogens (tertiary/aromatic N) is 4. The van der Waals surface area contributed by atoms with Crippen molar-refractivity contribution in [3.05, 3.63) is 6.20 Å². The van der Waals surface area contributed by atoms with Gasteiger partial charge in [0.25, 0.3) is 0 Å². The predicted octanol–water partition coefficient (Wildman–Crippen LogP) is 1.14. The van der Waals surface area contributed by atoms with Crippen molar-refractivity contribution in [3.8, 4) is 0 Å². The van der Waals surface area contributed by atoms with Gasteiger partial charge in [0.15, 0.2) is 5.65 Å². The van der Waals surface area contributed by atoms with E-state index in [1.165, 1.54) is 0 Å². The number of hydrogen-bond donors (Lipinski definition) is 3. The molecule has 0 saturated carbocycles. The molecule has 2 aromatic heterocycles. The Kier molecular flexibility index (Phi) is 3.21. The summed E-state index contributed by atoms with van der Waals surface area (Å²) in [6, 6.07) is 0. The molecule has 1 fully saturated rings. The molecule has 1 atom stereocenters. The second-order valence-corrected chi connectivity index (χ2v) is 5.56. The summed E-state index contributed by atoms with van der Waals surface area (Å²) in [6.07, 6.45) is 3.51. The van der Waals surface area contributed by atoms with Crippen molar-refractivity contribution in [2.45, 2.75) is 32.3 Å². The normalized spacial score (nSPS) is 23.2. The molecule has 3 N–H and O–H groups in total. The maximum Gasteiger partial charge on any atom is 0.226 e. The Bertz CT molecular complexity index is 608. The number of aliphatic hydroxyl groups is 1. The molecule has 20 heavy (non-hydrogen) atoms. The molecule has 0 spiro atoms. The highest BCUT2D eigenvalue weighted by Crippen LogP contribution is 2.29. The number of aromatic amines is 1. The molecule has 0 bridgehead atoms. The number of anilines is 2. The molecule has 7 heteroatoms. The predicted molar refractivity (Wildman–Crippen MR) is 77.9 cm³/mol. The van der Waals surface area contributed by atoms with Gasteiger partial charge in [0.1, 0.15) is 5.82 Å². The highest BCUT2D eigenvalue weighted by atomic mass is 16.3. The molecule has 1 aliphatic rings. The van der Waals surface area contributed by atoms with Gasteiger partial charge in [-0.05, 0) is 26.7 Å². The van der Waals surface area contributed by atoms with E-state index in [9.17, 15) is 5.11 Å². The monoisotopic (exact) mass is 276 g/mol. The summed E-state index contributed by atoms with van der Waals surface area (Å²) in [5.74, 6) is 1.42. The number of aromatic nitrogens is 4. The molecule has 108 valence electrons. The van der Waals surface area contributed by atoms with Crippen molar-refractivity contribution in [2.75, 3.05) is 29.9 Å². The molecule has 1 saturated heterocycles.